The highest BCUT2D eigenvalue weighted by Gasteiger charge is 2.17. The quantitative estimate of drug-likeness (QED) is 0.704. The van der Waals surface area contributed by atoms with E-state index in [9.17, 15) is 4.79 Å². The van der Waals surface area contributed by atoms with Gasteiger partial charge in [0.1, 0.15) is 0 Å². The molecule has 1 aliphatic rings. The smallest absolute Gasteiger partial charge is 0.373 e. The van der Waals surface area contributed by atoms with E-state index in [0.29, 0.717) is 5.92 Å². The number of carbonyl (C=O) groups is 1. The Balaban J connectivity index is 2.16. The normalized spacial score (nSPS) is 21.0. The molecule has 2 rings (SSSR count). The first-order valence-corrected chi connectivity index (χ1v) is 4.53. The predicted octanol–water partition coefficient (Wildman–Crippen LogP) is 0.252. The van der Waals surface area contributed by atoms with Crippen LogP contribution in [0.5, 0.6) is 0 Å². The molecule has 5 heteroatoms. The summed E-state index contributed by atoms with van der Waals surface area (Å²) in [7, 11) is 0. The van der Waals surface area contributed by atoms with Gasteiger partial charge < -0.3 is 10.4 Å². The van der Waals surface area contributed by atoms with Crippen molar-refractivity contribution in [1.29, 1.82) is 0 Å². The van der Waals surface area contributed by atoms with Crippen LogP contribution in [0.1, 0.15) is 28.5 Å². The summed E-state index contributed by atoms with van der Waals surface area (Å²) in [4.78, 5) is 18.1. The van der Waals surface area contributed by atoms with Crippen LogP contribution in [-0.4, -0.2) is 34.1 Å². The van der Waals surface area contributed by atoms with Crippen LogP contribution < -0.4 is 5.32 Å². The van der Waals surface area contributed by atoms with E-state index in [1.54, 1.807) is 12.4 Å². The minimum Gasteiger partial charge on any atom is -0.475 e. The van der Waals surface area contributed by atoms with Crippen molar-refractivity contribution in [2.75, 3.05) is 13.1 Å². The number of nitrogens with one attached hydrogen (secondary N) is 1. The number of carboxylic acid groups (broad SMARTS) is 1. The van der Waals surface area contributed by atoms with E-state index in [0.717, 1.165) is 25.1 Å². The summed E-state index contributed by atoms with van der Waals surface area (Å²) in [6.07, 6.45) is 4.28. The van der Waals surface area contributed by atoms with Crippen LogP contribution in [0.15, 0.2) is 12.4 Å². The van der Waals surface area contributed by atoms with Crippen LogP contribution in [0.3, 0.4) is 0 Å². The summed E-state index contributed by atoms with van der Waals surface area (Å²) in [5.74, 6) is -0.793. The molecule has 1 atom stereocenters. The lowest BCUT2D eigenvalue weighted by molar-refractivity contribution is 0.0683. The molecular weight excluding hydrogens is 182 g/mol. The Labute approximate surface area is 81.2 Å². The molecule has 1 unspecified atom stereocenters. The van der Waals surface area contributed by atoms with Gasteiger partial charge in [-0.1, -0.05) is 0 Å². The van der Waals surface area contributed by atoms with E-state index in [-0.39, 0.29) is 5.82 Å². The average molecular weight is 193 g/mol. The lowest BCUT2D eigenvalue weighted by atomic mass is 10.0. The van der Waals surface area contributed by atoms with Gasteiger partial charge in [-0.2, -0.15) is 0 Å². The molecule has 0 bridgehead atoms. The molecule has 1 aromatic heterocycles. The molecule has 14 heavy (non-hydrogen) atoms. The van der Waals surface area contributed by atoms with E-state index in [2.05, 4.69) is 15.3 Å². The monoisotopic (exact) mass is 193 g/mol. The molecule has 1 aliphatic heterocycles. The number of hydrogen-bond donors (Lipinski definition) is 2. The Bertz CT molecular complexity index is 330. The van der Waals surface area contributed by atoms with Crippen molar-refractivity contribution < 1.29 is 9.90 Å². The maximum absolute atomic E-state index is 10.5. The van der Waals surface area contributed by atoms with Crippen LogP contribution >= 0.6 is 0 Å². The van der Waals surface area contributed by atoms with Crippen LogP contribution in [0.2, 0.25) is 0 Å². The Morgan fingerprint density at radius 1 is 1.50 bits per heavy atom. The Hall–Kier alpha value is -1.49. The first-order chi connectivity index (χ1) is 6.77. The summed E-state index contributed by atoms with van der Waals surface area (Å²) in [6, 6.07) is 0. The summed E-state index contributed by atoms with van der Waals surface area (Å²) in [6.45, 7) is 1.93. The molecular formula is C9H11N3O2. The van der Waals surface area contributed by atoms with E-state index in [1.807, 2.05) is 0 Å². The van der Waals surface area contributed by atoms with Crippen LogP contribution in [0.25, 0.3) is 0 Å². The molecule has 0 aliphatic carbocycles. The topological polar surface area (TPSA) is 75.1 Å². The molecule has 0 aromatic carbocycles. The number of carboxylic acids is 1. The largest absolute Gasteiger partial charge is 0.475 e. The van der Waals surface area contributed by atoms with Gasteiger partial charge in [0, 0.05) is 24.9 Å². The van der Waals surface area contributed by atoms with Crippen LogP contribution in [0.4, 0.5) is 0 Å². The van der Waals surface area contributed by atoms with Crippen molar-refractivity contribution in [3.05, 3.63) is 23.8 Å². The second-order valence-corrected chi connectivity index (χ2v) is 3.33. The van der Waals surface area contributed by atoms with Gasteiger partial charge >= 0.3 is 5.97 Å². The molecule has 0 radical (unpaired) electrons. The Morgan fingerprint density at radius 3 is 2.71 bits per heavy atom. The lowest BCUT2D eigenvalue weighted by Crippen LogP contribution is -2.10. The first kappa shape index (κ1) is 9.08. The maximum Gasteiger partial charge on any atom is 0.373 e. The van der Waals surface area contributed by atoms with Crippen LogP contribution in [0, 0.1) is 0 Å². The van der Waals surface area contributed by atoms with Crippen LogP contribution in [-0.2, 0) is 0 Å². The minimum absolute atomic E-state index is 0.139. The molecule has 0 spiro atoms. The number of aromatic nitrogens is 2. The molecule has 5 nitrogen and oxygen atoms in total. The minimum atomic E-state index is -1.08. The van der Waals surface area contributed by atoms with Gasteiger partial charge in [0.15, 0.2) is 0 Å². The summed E-state index contributed by atoms with van der Waals surface area (Å²) >= 11 is 0. The molecule has 1 fully saturated rings. The Kier molecular flexibility index (Phi) is 2.41. The Morgan fingerprint density at radius 2 is 2.21 bits per heavy atom. The fourth-order valence-electron chi connectivity index (χ4n) is 1.60. The highest BCUT2D eigenvalue weighted by atomic mass is 16.4. The third-order valence-corrected chi connectivity index (χ3v) is 2.39. The van der Waals surface area contributed by atoms with Gasteiger partial charge in [0.25, 0.3) is 0 Å². The standard InChI is InChI=1S/C9H11N3O2/c13-9(14)8-11-4-7(5-12-8)6-1-2-10-3-6/h4-6,10H,1-3H2,(H,13,14). The van der Waals surface area contributed by atoms with E-state index < -0.39 is 5.97 Å². The van der Waals surface area contributed by atoms with Crippen molar-refractivity contribution in [1.82, 2.24) is 15.3 Å². The van der Waals surface area contributed by atoms with Gasteiger partial charge in [0.05, 0.1) is 0 Å². The fraction of sp³-hybridized carbons (Fsp3) is 0.444. The van der Waals surface area contributed by atoms with Gasteiger partial charge in [-0.05, 0) is 18.5 Å². The van der Waals surface area contributed by atoms with Crippen molar-refractivity contribution in [3.8, 4) is 0 Å². The number of hydrogen-bond acceptors (Lipinski definition) is 4. The summed E-state index contributed by atoms with van der Waals surface area (Å²) in [5, 5.41) is 11.8. The SMILES string of the molecule is O=C(O)c1ncc(C2CCNC2)cn1. The van der Waals surface area contributed by atoms with E-state index in [1.165, 1.54) is 0 Å². The van der Waals surface area contributed by atoms with E-state index in [4.69, 9.17) is 5.11 Å². The van der Waals surface area contributed by atoms with Crippen molar-refractivity contribution in [3.63, 3.8) is 0 Å². The van der Waals surface area contributed by atoms with Gasteiger partial charge in [-0.3, -0.25) is 0 Å². The fourth-order valence-corrected chi connectivity index (χ4v) is 1.60. The van der Waals surface area contributed by atoms with Gasteiger partial charge in [-0.15, -0.1) is 0 Å². The summed E-state index contributed by atoms with van der Waals surface area (Å²) in [5.41, 5.74) is 1.01. The zero-order valence-corrected chi connectivity index (χ0v) is 7.60. The predicted molar refractivity (Wildman–Crippen MR) is 49.2 cm³/mol. The maximum atomic E-state index is 10.5. The average Bonchev–Trinajstić information content (AvgIpc) is 2.71. The van der Waals surface area contributed by atoms with Gasteiger partial charge in [0.2, 0.25) is 5.82 Å². The molecule has 2 N–H and O–H groups in total. The highest BCUT2D eigenvalue weighted by molar-refractivity contribution is 5.82. The molecule has 2 heterocycles. The number of aromatic carboxylic acids is 1. The zero-order valence-electron chi connectivity index (χ0n) is 7.60. The molecule has 0 saturated carbocycles. The molecule has 1 saturated heterocycles. The van der Waals surface area contributed by atoms with E-state index >= 15 is 0 Å². The van der Waals surface area contributed by atoms with Crippen molar-refractivity contribution >= 4 is 5.97 Å². The number of rotatable bonds is 2. The molecule has 74 valence electrons. The molecule has 0 amide bonds. The second kappa shape index (κ2) is 3.71. The molecule has 1 aromatic rings. The highest BCUT2D eigenvalue weighted by Crippen LogP contribution is 2.20. The lowest BCUT2D eigenvalue weighted by Gasteiger charge is -2.06. The second-order valence-electron chi connectivity index (χ2n) is 3.33. The third-order valence-electron chi connectivity index (χ3n) is 2.39. The summed E-state index contributed by atoms with van der Waals surface area (Å²) < 4.78 is 0. The number of nitrogens with zero attached hydrogens (tertiary/aromatic N) is 2. The zero-order chi connectivity index (χ0) is 9.97. The van der Waals surface area contributed by atoms with Crippen molar-refractivity contribution in [2.45, 2.75) is 12.3 Å². The first-order valence-electron chi connectivity index (χ1n) is 4.53. The third kappa shape index (κ3) is 1.72. The van der Waals surface area contributed by atoms with Gasteiger partial charge in [-0.25, -0.2) is 14.8 Å². The van der Waals surface area contributed by atoms with Crippen molar-refractivity contribution in [2.24, 2.45) is 0 Å².